The molecule has 204 valence electrons. The zero-order valence-electron chi connectivity index (χ0n) is 22.3. The zero-order valence-corrected chi connectivity index (χ0v) is 23.8. The van der Waals surface area contributed by atoms with E-state index >= 15 is 0 Å². The van der Waals surface area contributed by atoms with Crippen LogP contribution in [0.3, 0.4) is 0 Å². The maximum Gasteiger partial charge on any atom is 0.326 e. The molecule has 4 aromatic carbocycles. The Hall–Kier alpha value is -4.00. The van der Waals surface area contributed by atoms with Crippen molar-refractivity contribution in [1.82, 2.24) is 5.32 Å². The van der Waals surface area contributed by atoms with E-state index in [-0.39, 0.29) is 0 Å². The summed E-state index contributed by atoms with van der Waals surface area (Å²) in [6, 6.07) is 27.4. The van der Waals surface area contributed by atoms with E-state index < -0.39 is 17.9 Å². The smallest absolute Gasteiger partial charge is 0.326 e. The number of benzene rings is 4. The third-order valence-corrected chi connectivity index (χ3v) is 7.23. The van der Waals surface area contributed by atoms with E-state index in [0.29, 0.717) is 34.3 Å². The summed E-state index contributed by atoms with van der Waals surface area (Å²) in [5.74, 6) is 0.621. The minimum Gasteiger partial charge on any atom is -0.480 e. The fourth-order valence-electron chi connectivity index (χ4n) is 4.17. The first-order valence-corrected chi connectivity index (χ1v) is 14.6. The fraction of sp³-hybridized carbons (Fsp3) is 0.152. The minimum atomic E-state index is -1.04. The van der Waals surface area contributed by atoms with Crippen LogP contribution in [0.4, 0.5) is 0 Å². The third-order valence-electron chi connectivity index (χ3n) is 6.34. The number of thioether (sulfide) groups is 1. The van der Waals surface area contributed by atoms with E-state index in [1.165, 1.54) is 0 Å². The summed E-state index contributed by atoms with van der Waals surface area (Å²) in [4.78, 5) is 25.0. The summed E-state index contributed by atoms with van der Waals surface area (Å²) in [7, 11) is 0. The molecule has 4 aromatic rings. The van der Waals surface area contributed by atoms with Crippen molar-refractivity contribution in [2.45, 2.75) is 19.4 Å². The molecule has 0 heterocycles. The van der Waals surface area contributed by atoms with Gasteiger partial charge >= 0.3 is 5.97 Å². The van der Waals surface area contributed by atoms with E-state index in [9.17, 15) is 14.7 Å². The van der Waals surface area contributed by atoms with Gasteiger partial charge in [-0.1, -0.05) is 66.2 Å². The van der Waals surface area contributed by atoms with E-state index in [1.807, 2.05) is 98.1 Å². The Morgan fingerprint density at radius 2 is 1.52 bits per heavy atom. The molecule has 0 radical (unpaired) electrons. The average molecular weight is 572 g/mol. The minimum absolute atomic E-state index is 0.353. The molecule has 0 saturated carbocycles. The van der Waals surface area contributed by atoms with Gasteiger partial charge in [-0.05, 0) is 102 Å². The number of carbonyl (C=O) groups is 2. The second kappa shape index (κ2) is 13.9. The van der Waals surface area contributed by atoms with Crippen LogP contribution >= 0.6 is 23.4 Å². The molecule has 4 rings (SSSR count). The number of aliphatic carboxylic acids is 1. The first-order chi connectivity index (χ1) is 19.3. The lowest BCUT2D eigenvalue weighted by molar-refractivity contribution is -0.139. The number of halogens is 1. The van der Waals surface area contributed by atoms with Crippen molar-refractivity contribution in [1.29, 1.82) is 0 Å². The van der Waals surface area contributed by atoms with Crippen LogP contribution in [-0.2, 0) is 4.79 Å². The number of ether oxygens (including phenoxy) is 1. The summed E-state index contributed by atoms with van der Waals surface area (Å²) in [5, 5.41) is 13.0. The Labute approximate surface area is 243 Å². The molecule has 40 heavy (non-hydrogen) atoms. The second-order valence-electron chi connectivity index (χ2n) is 9.22. The van der Waals surface area contributed by atoms with Crippen LogP contribution in [-0.4, -0.2) is 35.0 Å². The molecule has 0 aliphatic rings. The van der Waals surface area contributed by atoms with Gasteiger partial charge in [-0.25, -0.2) is 4.79 Å². The molecule has 0 bridgehead atoms. The molecule has 0 aliphatic heterocycles. The Kier molecular flexibility index (Phi) is 10.1. The van der Waals surface area contributed by atoms with E-state index in [1.54, 1.807) is 30.0 Å². The van der Waals surface area contributed by atoms with Crippen molar-refractivity contribution in [2.75, 3.05) is 12.0 Å². The van der Waals surface area contributed by atoms with Crippen molar-refractivity contribution in [3.8, 4) is 22.6 Å². The number of nitrogens with one attached hydrogen (secondary N) is 1. The monoisotopic (exact) mass is 571 g/mol. The lowest BCUT2D eigenvalue weighted by atomic mass is 9.93. The van der Waals surface area contributed by atoms with E-state index in [2.05, 4.69) is 5.32 Å². The van der Waals surface area contributed by atoms with Gasteiger partial charge in [0.2, 0.25) is 0 Å². The standard InChI is InChI=1S/C33H30ClNO4S/c1-22-5-3-4-6-28(22)30-21-24(11-18-29(30)32(36)35-31(33(37)38)19-20-40-2)8-7-23-9-14-26(15-10-23)39-27-16-12-25(34)13-17-27/h3-18,21,31H,19-20H2,1-2H3,(H,35,36)(H,37,38)/b8-7+. The Morgan fingerprint density at radius 1 is 0.900 bits per heavy atom. The van der Waals surface area contributed by atoms with Crippen LogP contribution in [0.15, 0.2) is 91.0 Å². The molecule has 2 N–H and O–H groups in total. The van der Waals surface area contributed by atoms with Gasteiger partial charge in [0, 0.05) is 10.6 Å². The highest BCUT2D eigenvalue weighted by Gasteiger charge is 2.22. The Bertz CT molecular complexity index is 1500. The normalized spacial score (nSPS) is 11.8. The van der Waals surface area contributed by atoms with Crippen molar-refractivity contribution in [3.05, 3.63) is 118 Å². The van der Waals surface area contributed by atoms with E-state index in [0.717, 1.165) is 27.8 Å². The third kappa shape index (κ3) is 7.78. The number of carbonyl (C=O) groups excluding carboxylic acids is 1. The number of hydrogen-bond donors (Lipinski definition) is 2. The molecule has 1 atom stereocenters. The Morgan fingerprint density at radius 3 is 2.17 bits per heavy atom. The van der Waals surface area contributed by atoms with Crippen LogP contribution < -0.4 is 10.1 Å². The van der Waals surface area contributed by atoms with Gasteiger partial charge in [0.1, 0.15) is 17.5 Å². The van der Waals surface area contributed by atoms with Gasteiger partial charge < -0.3 is 15.2 Å². The number of hydrogen-bond acceptors (Lipinski definition) is 4. The molecule has 0 fully saturated rings. The van der Waals surface area contributed by atoms with E-state index in [4.69, 9.17) is 16.3 Å². The molecular formula is C33H30ClNO4S. The predicted molar refractivity (Wildman–Crippen MR) is 165 cm³/mol. The molecular weight excluding hydrogens is 542 g/mol. The first kappa shape index (κ1) is 29.0. The van der Waals surface area contributed by atoms with Gasteiger partial charge in [-0.3, -0.25) is 4.79 Å². The molecule has 0 aromatic heterocycles. The van der Waals surface area contributed by atoms with Crippen molar-refractivity contribution in [2.24, 2.45) is 0 Å². The lowest BCUT2D eigenvalue weighted by Crippen LogP contribution is -2.41. The molecule has 0 saturated heterocycles. The Balaban J connectivity index is 1.57. The number of carboxylic acid groups (broad SMARTS) is 1. The molecule has 0 aliphatic carbocycles. The quantitative estimate of drug-likeness (QED) is 0.177. The van der Waals surface area contributed by atoms with Gasteiger partial charge in [-0.2, -0.15) is 11.8 Å². The summed E-state index contributed by atoms with van der Waals surface area (Å²) < 4.78 is 5.87. The van der Waals surface area contributed by atoms with Crippen LogP contribution in [0.2, 0.25) is 5.02 Å². The molecule has 1 amide bonds. The van der Waals surface area contributed by atoms with Crippen LogP contribution in [0.5, 0.6) is 11.5 Å². The van der Waals surface area contributed by atoms with Gasteiger partial charge in [0.05, 0.1) is 0 Å². The lowest BCUT2D eigenvalue weighted by Gasteiger charge is -2.17. The highest BCUT2D eigenvalue weighted by atomic mass is 35.5. The molecule has 1 unspecified atom stereocenters. The van der Waals surface area contributed by atoms with Crippen LogP contribution in [0, 0.1) is 6.92 Å². The van der Waals surface area contributed by atoms with Crippen molar-refractivity contribution in [3.63, 3.8) is 0 Å². The maximum absolute atomic E-state index is 13.3. The second-order valence-corrected chi connectivity index (χ2v) is 10.6. The fourth-order valence-corrected chi connectivity index (χ4v) is 4.77. The number of aryl methyl sites for hydroxylation is 1. The van der Waals surface area contributed by atoms with Gasteiger partial charge in [0.15, 0.2) is 0 Å². The molecule has 0 spiro atoms. The first-order valence-electron chi connectivity index (χ1n) is 12.8. The summed E-state index contributed by atoms with van der Waals surface area (Å²) >= 11 is 7.49. The predicted octanol–water partition coefficient (Wildman–Crippen LogP) is 8.21. The summed E-state index contributed by atoms with van der Waals surface area (Å²) in [6.07, 6.45) is 6.24. The summed E-state index contributed by atoms with van der Waals surface area (Å²) in [6.45, 7) is 1.99. The van der Waals surface area contributed by atoms with Crippen LogP contribution in [0.25, 0.3) is 23.3 Å². The van der Waals surface area contributed by atoms with Crippen LogP contribution in [0.1, 0.15) is 33.5 Å². The zero-order chi connectivity index (χ0) is 28.5. The summed E-state index contributed by atoms with van der Waals surface area (Å²) in [5.41, 5.74) is 5.02. The highest BCUT2D eigenvalue weighted by molar-refractivity contribution is 7.98. The molecule has 5 nitrogen and oxygen atoms in total. The van der Waals surface area contributed by atoms with Crippen molar-refractivity contribution < 1.29 is 19.4 Å². The SMILES string of the molecule is CSCCC(NC(=O)c1ccc(/C=C/c2ccc(Oc3ccc(Cl)cc3)cc2)cc1-c1ccccc1C)C(=O)O. The van der Waals surface area contributed by atoms with Crippen molar-refractivity contribution >= 4 is 47.4 Å². The number of amides is 1. The number of carboxylic acids is 1. The topological polar surface area (TPSA) is 75.6 Å². The van der Waals surface area contributed by atoms with Gasteiger partial charge in [0.25, 0.3) is 5.91 Å². The number of rotatable bonds is 11. The average Bonchev–Trinajstić information content (AvgIpc) is 2.96. The van der Waals surface area contributed by atoms with Gasteiger partial charge in [-0.15, -0.1) is 0 Å². The molecule has 7 heteroatoms. The largest absolute Gasteiger partial charge is 0.480 e. The maximum atomic E-state index is 13.3. The highest BCUT2D eigenvalue weighted by Crippen LogP contribution is 2.29.